The zero-order valence-electron chi connectivity index (χ0n) is 9.85. The number of nitrogens with two attached hydrogens (primary N) is 1. The summed E-state index contributed by atoms with van der Waals surface area (Å²) in [6.45, 7) is 3.28. The minimum Gasteiger partial charge on any atom is -0.399 e. The first-order chi connectivity index (χ1) is 8.24. The van der Waals surface area contributed by atoms with Crippen LogP contribution in [-0.4, -0.2) is 16.5 Å². The SMILES string of the molecule is CC1CC1CNc1ncnc2cc(N)ccc12. The average molecular weight is 228 g/mol. The van der Waals surface area contributed by atoms with Crippen molar-refractivity contribution in [1.29, 1.82) is 0 Å². The fraction of sp³-hybridized carbons (Fsp3) is 0.385. The van der Waals surface area contributed by atoms with Crippen LogP contribution in [0.5, 0.6) is 0 Å². The largest absolute Gasteiger partial charge is 0.399 e. The molecule has 0 bridgehead atoms. The highest BCUT2D eigenvalue weighted by molar-refractivity contribution is 5.90. The molecule has 4 nitrogen and oxygen atoms in total. The molecule has 1 saturated carbocycles. The molecule has 1 aliphatic rings. The van der Waals surface area contributed by atoms with Gasteiger partial charge in [-0.25, -0.2) is 9.97 Å². The molecule has 17 heavy (non-hydrogen) atoms. The van der Waals surface area contributed by atoms with Crippen molar-refractivity contribution in [3.63, 3.8) is 0 Å². The standard InChI is InChI=1S/C13H16N4/c1-8-4-9(8)6-15-13-11-3-2-10(14)5-12(11)16-7-17-13/h2-3,5,7-9H,4,6,14H2,1H3,(H,15,16,17). The van der Waals surface area contributed by atoms with Gasteiger partial charge in [0.25, 0.3) is 0 Å². The number of benzene rings is 1. The lowest BCUT2D eigenvalue weighted by molar-refractivity contribution is 0.785. The molecule has 0 amide bonds. The van der Waals surface area contributed by atoms with Gasteiger partial charge in [0.1, 0.15) is 12.1 Å². The molecule has 3 N–H and O–H groups in total. The fourth-order valence-corrected chi connectivity index (χ4v) is 2.13. The zero-order valence-corrected chi connectivity index (χ0v) is 9.85. The Morgan fingerprint density at radius 2 is 2.24 bits per heavy atom. The number of aromatic nitrogens is 2. The van der Waals surface area contributed by atoms with E-state index in [0.29, 0.717) is 0 Å². The summed E-state index contributed by atoms with van der Waals surface area (Å²) >= 11 is 0. The van der Waals surface area contributed by atoms with Crippen molar-refractivity contribution in [3.8, 4) is 0 Å². The molecule has 1 aromatic heterocycles. The third kappa shape index (κ3) is 2.02. The fourth-order valence-electron chi connectivity index (χ4n) is 2.13. The van der Waals surface area contributed by atoms with E-state index < -0.39 is 0 Å². The number of nitrogens with one attached hydrogen (secondary N) is 1. The van der Waals surface area contributed by atoms with E-state index in [4.69, 9.17) is 5.73 Å². The third-order valence-corrected chi connectivity index (χ3v) is 3.47. The highest BCUT2D eigenvalue weighted by atomic mass is 15.0. The van der Waals surface area contributed by atoms with Gasteiger partial charge in [-0.1, -0.05) is 6.92 Å². The average Bonchev–Trinajstić information content (AvgIpc) is 3.02. The van der Waals surface area contributed by atoms with Crippen molar-refractivity contribution in [2.75, 3.05) is 17.6 Å². The highest BCUT2D eigenvalue weighted by Gasteiger charge is 2.32. The van der Waals surface area contributed by atoms with Gasteiger partial charge >= 0.3 is 0 Å². The second-order valence-corrected chi connectivity index (χ2v) is 4.85. The van der Waals surface area contributed by atoms with Crippen molar-refractivity contribution < 1.29 is 0 Å². The van der Waals surface area contributed by atoms with Crippen LogP contribution in [0.4, 0.5) is 11.5 Å². The second kappa shape index (κ2) is 3.87. The van der Waals surface area contributed by atoms with Crippen molar-refractivity contribution >= 4 is 22.4 Å². The molecule has 2 aromatic rings. The van der Waals surface area contributed by atoms with Crippen LogP contribution in [0.1, 0.15) is 13.3 Å². The number of anilines is 2. The van der Waals surface area contributed by atoms with Gasteiger partial charge in [0, 0.05) is 17.6 Å². The number of hydrogen-bond acceptors (Lipinski definition) is 4. The van der Waals surface area contributed by atoms with E-state index in [9.17, 15) is 0 Å². The Kier molecular flexibility index (Phi) is 2.35. The smallest absolute Gasteiger partial charge is 0.137 e. The van der Waals surface area contributed by atoms with Gasteiger partial charge in [-0.3, -0.25) is 0 Å². The number of nitrogens with zero attached hydrogens (tertiary/aromatic N) is 2. The van der Waals surface area contributed by atoms with Crippen LogP contribution >= 0.6 is 0 Å². The Morgan fingerprint density at radius 1 is 1.41 bits per heavy atom. The first-order valence-corrected chi connectivity index (χ1v) is 5.98. The summed E-state index contributed by atoms with van der Waals surface area (Å²) < 4.78 is 0. The molecule has 1 aromatic carbocycles. The predicted molar refractivity (Wildman–Crippen MR) is 69.7 cm³/mol. The summed E-state index contributed by atoms with van der Waals surface area (Å²) in [5.74, 6) is 2.56. The van der Waals surface area contributed by atoms with Crippen LogP contribution in [0.3, 0.4) is 0 Å². The van der Waals surface area contributed by atoms with Crippen LogP contribution in [0.25, 0.3) is 10.9 Å². The minimum absolute atomic E-state index is 0.734. The van der Waals surface area contributed by atoms with Gasteiger partial charge in [-0.2, -0.15) is 0 Å². The number of rotatable bonds is 3. The zero-order chi connectivity index (χ0) is 11.8. The van der Waals surface area contributed by atoms with Crippen molar-refractivity contribution in [2.24, 2.45) is 11.8 Å². The van der Waals surface area contributed by atoms with Crippen molar-refractivity contribution in [3.05, 3.63) is 24.5 Å². The summed E-state index contributed by atoms with van der Waals surface area (Å²) in [6.07, 6.45) is 2.91. The first-order valence-electron chi connectivity index (χ1n) is 5.98. The van der Waals surface area contributed by atoms with Crippen LogP contribution in [0.15, 0.2) is 24.5 Å². The highest BCUT2D eigenvalue weighted by Crippen LogP contribution is 2.37. The molecule has 4 heteroatoms. The summed E-state index contributed by atoms with van der Waals surface area (Å²) in [7, 11) is 0. The molecule has 1 fully saturated rings. The van der Waals surface area contributed by atoms with Gasteiger partial charge < -0.3 is 11.1 Å². The molecule has 1 heterocycles. The molecule has 3 rings (SSSR count). The third-order valence-electron chi connectivity index (χ3n) is 3.47. The number of nitrogen functional groups attached to an aromatic ring is 1. The molecule has 0 saturated heterocycles. The molecule has 88 valence electrons. The Bertz CT molecular complexity index is 552. The minimum atomic E-state index is 0.734. The number of hydrogen-bond donors (Lipinski definition) is 2. The van der Waals surface area contributed by atoms with Gasteiger partial charge in [-0.15, -0.1) is 0 Å². The van der Waals surface area contributed by atoms with Crippen molar-refractivity contribution in [2.45, 2.75) is 13.3 Å². The van der Waals surface area contributed by atoms with Gasteiger partial charge in [0.2, 0.25) is 0 Å². The first kappa shape index (κ1) is 10.3. The van der Waals surface area contributed by atoms with E-state index in [0.717, 1.165) is 40.8 Å². The molecule has 2 unspecified atom stereocenters. The van der Waals surface area contributed by atoms with Gasteiger partial charge in [-0.05, 0) is 36.5 Å². The second-order valence-electron chi connectivity index (χ2n) is 4.85. The Hall–Kier alpha value is -1.84. The van der Waals surface area contributed by atoms with E-state index in [2.05, 4.69) is 22.2 Å². The van der Waals surface area contributed by atoms with Gasteiger partial charge in [0.05, 0.1) is 5.52 Å². The van der Waals surface area contributed by atoms with E-state index in [1.807, 2.05) is 18.2 Å². The molecular weight excluding hydrogens is 212 g/mol. The lowest BCUT2D eigenvalue weighted by Gasteiger charge is -2.07. The van der Waals surface area contributed by atoms with Gasteiger partial charge in [0.15, 0.2) is 0 Å². The molecule has 2 atom stereocenters. The molecular formula is C13H16N4. The summed E-state index contributed by atoms with van der Waals surface area (Å²) in [5, 5.41) is 4.44. The van der Waals surface area contributed by atoms with E-state index >= 15 is 0 Å². The van der Waals surface area contributed by atoms with Crippen LogP contribution < -0.4 is 11.1 Å². The number of fused-ring (bicyclic) bond motifs is 1. The summed E-state index contributed by atoms with van der Waals surface area (Å²) in [5.41, 5.74) is 7.37. The Labute approximate surface area is 100 Å². The molecule has 0 spiro atoms. The maximum Gasteiger partial charge on any atom is 0.137 e. The quantitative estimate of drug-likeness (QED) is 0.791. The summed E-state index contributed by atoms with van der Waals surface area (Å²) in [4.78, 5) is 8.53. The van der Waals surface area contributed by atoms with Crippen molar-refractivity contribution in [1.82, 2.24) is 9.97 Å². The molecule has 0 aliphatic heterocycles. The lowest BCUT2D eigenvalue weighted by atomic mass is 10.2. The van der Waals surface area contributed by atoms with Crippen LogP contribution in [0.2, 0.25) is 0 Å². The van der Waals surface area contributed by atoms with E-state index in [-0.39, 0.29) is 0 Å². The van der Waals surface area contributed by atoms with Crippen LogP contribution in [0, 0.1) is 11.8 Å². The Morgan fingerprint density at radius 3 is 3.00 bits per heavy atom. The topological polar surface area (TPSA) is 63.8 Å². The van der Waals surface area contributed by atoms with E-state index in [1.54, 1.807) is 6.33 Å². The predicted octanol–water partition coefficient (Wildman–Crippen LogP) is 2.28. The molecule has 0 radical (unpaired) electrons. The normalized spacial score (nSPS) is 22.6. The van der Waals surface area contributed by atoms with Crippen LogP contribution in [-0.2, 0) is 0 Å². The maximum absolute atomic E-state index is 5.74. The monoisotopic (exact) mass is 228 g/mol. The van der Waals surface area contributed by atoms with E-state index in [1.165, 1.54) is 6.42 Å². The lowest BCUT2D eigenvalue weighted by Crippen LogP contribution is -2.06. The summed E-state index contributed by atoms with van der Waals surface area (Å²) in [6, 6.07) is 5.74. The Balaban J connectivity index is 1.87. The maximum atomic E-state index is 5.74. The molecule has 1 aliphatic carbocycles.